The fourth-order valence-electron chi connectivity index (χ4n) is 3.67. The highest BCUT2D eigenvalue weighted by molar-refractivity contribution is 7.14. The minimum Gasteiger partial charge on any atom is -0.496 e. The number of carbonyl (C=O) groups excluding carboxylic acids is 1. The molecule has 1 saturated heterocycles. The van der Waals surface area contributed by atoms with Crippen molar-refractivity contribution in [2.24, 2.45) is 0 Å². The van der Waals surface area contributed by atoms with Crippen molar-refractivity contribution in [1.82, 2.24) is 15.1 Å². The zero-order valence-corrected chi connectivity index (χ0v) is 17.1. The Kier molecular flexibility index (Phi) is 5.17. The molecule has 7 heteroatoms. The Labute approximate surface area is 168 Å². The number of rotatable bonds is 4. The topological polar surface area (TPSA) is 68.5 Å². The Bertz CT molecular complexity index is 986. The molecule has 0 saturated carbocycles. The number of furan rings is 1. The van der Waals surface area contributed by atoms with E-state index in [-0.39, 0.29) is 5.91 Å². The van der Waals surface area contributed by atoms with Crippen LogP contribution in [0.3, 0.4) is 0 Å². The van der Waals surface area contributed by atoms with Crippen molar-refractivity contribution in [2.75, 3.05) is 20.2 Å². The van der Waals surface area contributed by atoms with Gasteiger partial charge in [-0.15, -0.1) is 10.2 Å². The molecule has 2 aromatic heterocycles. The van der Waals surface area contributed by atoms with E-state index in [2.05, 4.69) is 10.2 Å². The summed E-state index contributed by atoms with van der Waals surface area (Å²) in [5.74, 6) is 2.65. The lowest BCUT2D eigenvalue weighted by atomic mass is 9.97. The number of amides is 1. The number of hydrogen-bond donors (Lipinski definition) is 0. The average Bonchev–Trinajstić information content (AvgIpc) is 3.34. The Morgan fingerprint density at radius 3 is 2.64 bits per heavy atom. The van der Waals surface area contributed by atoms with E-state index in [1.54, 1.807) is 18.4 Å². The highest BCUT2D eigenvalue weighted by atomic mass is 32.1. The molecule has 1 aromatic carbocycles. The van der Waals surface area contributed by atoms with Crippen molar-refractivity contribution in [3.63, 3.8) is 0 Å². The molecule has 0 N–H and O–H groups in total. The Balaban J connectivity index is 1.44. The van der Waals surface area contributed by atoms with E-state index in [0.717, 1.165) is 53.0 Å². The lowest BCUT2D eigenvalue weighted by Gasteiger charge is -2.30. The van der Waals surface area contributed by atoms with Gasteiger partial charge >= 0.3 is 0 Å². The molecule has 0 aliphatic carbocycles. The van der Waals surface area contributed by atoms with Gasteiger partial charge in [-0.25, -0.2) is 0 Å². The first-order chi connectivity index (χ1) is 13.6. The van der Waals surface area contributed by atoms with E-state index in [1.165, 1.54) is 0 Å². The Hall–Kier alpha value is -2.67. The second kappa shape index (κ2) is 7.75. The monoisotopic (exact) mass is 397 g/mol. The largest absolute Gasteiger partial charge is 0.496 e. The van der Waals surface area contributed by atoms with Crippen LogP contribution in [0.5, 0.6) is 5.75 Å². The van der Waals surface area contributed by atoms with Gasteiger partial charge in [0.25, 0.3) is 5.91 Å². The maximum atomic E-state index is 12.8. The lowest BCUT2D eigenvalue weighted by molar-refractivity contribution is 0.0711. The van der Waals surface area contributed by atoms with Gasteiger partial charge in [0.05, 0.1) is 18.2 Å². The lowest BCUT2D eigenvalue weighted by Crippen LogP contribution is -2.38. The molecule has 0 radical (unpaired) electrons. The van der Waals surface area contributed by atoms with Gasteiger partial charge in [0.2, 0.25) is 0 Å². The van der Waals surface area contributed by atoms with Crippen LogP contribution in [0.4, 0.5) is 0 Å². The van der Waals surface area contributed by atoms with Gasteiger partial charge in [0, 0.05) is 19.0 Å². The third-order valence-electron chi connectivity index (χ3n) is 5.18. The second-order valence-electron chi connectivity index (χ2n) is 7.04. The zero-order valence-electron chi connectivity index (χ0n) is 16.3. The molecule has 1 aliphatic rings. The summed E-state index contributed by atoms with van der Waals surface area (Å²) in [5, 5.41) is 10.7. The van der Waals surface area contributed by atoms with Gasteiger partial charge in [-0.3, -0.25) is 4.79 Å². The van der Waals surface area contributed by atoms with E-state index < -0.39 is 0 Å². The first-order valence-electron chi connectivity index (χ1n) is 9.40. The van der Waals surface area contributed by atoms with Crippen LogP contribution in [-0.4, -0.2) is 41.2 Å². The van der Waals surface area contributed by atoms with Gasteiger partial charge in [-0.05, 0) is 44.9 Å². The van der Waals surface area contributed by atoms with Crippen LogP contribution >= 0.6 is 11.3 Å². The molecule has 3 heterocycles. The average molecular weight is 398 g/mol. The molecule has 3 aromatic rings. The minimum atomic E-state index is 0.0553. The molecule has 1 amide bonds. The molecule has 1 aliphatic heterocycles. The van der Waals surface area contributed by atoms with Crippen LogP contribution < -0.4 is 4.74 Å². The maximum absolute atomic E-state index is 12.8. The zero-order chi connectivity index (χ0) is 19.7. The number of nitrogens with zero attached hydrogens (tertiary/aromatic N) is 3. The van der Waals surface area contributed by atoms with Crippen LogP contribution in [0.2, 0.25) is 0 Å². The van der Waals surface area contributed by atoms with E-state index in [0.29, 0.717) is 17.2 Å². The van der Waals surface area contributed by atoms with E-state index in [1.807, 2.05) is 49.1 Å². The molecule has 4 rings (SSSR count). The number of ether oxygens (including phenoxy) is 1. The summed E-state index contributed by atoms with van der Waals surface area (Å²) >= 11 is 1.61. The van der Waals surface area contributed by atoms with Crippen LogP contribution in [-0.2, 0) is 0 Å². The van der Waals surface area contributed by atoms with E-state index >= 15 is 0 Å². The standard InChI is InChI=1S/C21H23N3O3S/c1-13-12-17(14(2)27-13)21(25)24-10-8-15(9-11-24)19-22-23-20(28-19)16-6-4-5-7-18(16)26-3/h4-7,12,15H,8-11H2,1-3H3. The normalized spacial score (nSPS) is 15.0. The number of carbonyl (C=O) groups is 1. The van der Waals surface area contributed by atoms with Crippen LogP contribution in [0, 0.1) is 13.8 Å². The van der Waals surface area contributed by atoms with Gasteiger partial charge < -0.3 is 14.1 Å². The van der Waals surface area contributed by atoms with Crippen molar-refractivity contribution < 1.29 is 13.9 Å². The summed E-state index contributed by atoms with van der Waals surface area (Å²) < 4.78 is 10.9. The summed E-state index contributed by atoms with van der Waals surface area (Å²) in [6.45, 7) is 5.14. The summed E-state index contributed by atoms with van der Waals surface area (Å²) in [6.07, 6.45) is 1.78. The molecule has 0 bridgehead atoms. The molecular formula is C21H23N3O3S. The number of benzene rings is 1. The second-order valence-corrected chi connectivity index (χ2v) is 8.05. The Morgan fingerprint density at radius 2 is 1.96 bits per heavy atom. The molecule has 6 nitrogen and oxygen atoms in total. The first kappa shape index (κ1) is 18.7. The maximum Gasteiger partial charge on any atom is 0.257 e. The number of likely N-dealkylation sites (tertiary alicyclic amines) is 1. The van der Waals surface area contributed by atoms with Gasteiger partial charge in [0.15, 0.2) is 5.01 Å². The number of aromatic nitrogens is 2. The van der Waals surface area contributed by atoms with Gasteiger partial charge in [-0.1, -0.05) is 23.5 Å². The predicted octanol–water partition coefficient (Wildman–Crippen LogP) is 4.44. The van der Waals surface area contributed by atoms with Crippen LogP contribution in [0.1, 0.15) is 45.6 Å². The van der Waals surface area contributed by atoms with Crippen molar-refractivity contribution in [3.8, 4) is 16.3 Å². The summed E-state index contributed by atoms with van der Waals surface area (Å²) in [4.78, 5) is 14.7. The molecule has 146 valence electrons. The van der Waals surface area contributed by atoms with Gasteiger partial charge in [0.1, 0.15) is 22.3 Å². The van der Waals surface area contributed by atoms with Crippen molar-refractivity contribution in [2.45, 2.75) is 32.6 Å². The highest BCUT2D eigenvalue weighted by Crippen LogP contribution is 2.36. The molecule has 28 heavy (non-hydrogen) atoms. The molecule has 1 fully saturated rings. The van der Waals surface area contributed by atoms with E-state index in [9.17, 15) is 4.79 Å². The smallest absolute Gasteiger partial charge is 0.257 e. The SMILES string of the molecule is COc1ccccc1-c1nnc(C2CCN(C(=O)c3cc(C)oc3C)CC2)s1. The third-order valence-corrected chi connectivity index (χ3v) is 6.30. The number of hydrogen-bond acceptors (Lipinski definition) is 6. The quantitative estimate of drug-likeness (QED) is 0.651. The first-order valence-corrected chi connectivity index (χ1v) is 10.2. The third kappa shape index (κ3) is 3.54. The number of para-hydroxylation sites is 1. The highest BCUT2D eigenvalue weighted by Gasteiger charge is 2.28. The van der Waals surface area contributed by atoms with Crippen molar-refractivity contribution in [3.05, 3.63) is 52.4 Å². The fraction of sp³-hybridized carbons (Fsp3) is 0.381. The fourth-order valence-corrected chi connectivity index (χ4v) is 4.72. The number of methoxy groups -OCH3 is 1. The molecular weight excluding hydrogens is 374 g/mol. The summed E-state index contributed by atoms with van der Waals surface area (Å²) in [6, 6.07) is 9.68. The van der Waals surface area contributed by atoms with E-state index in [4.69, 9.17) is 9.15 Å². The summed E-state index contributed by atoms with van der Waals surface area (Å²) in [5.41, 5.74) is 1.64. The summed E-state index contributed by atoms with van der Waals surface area (Å²) in [7, 11) is 1.66. The molecule has 0 atom stereocenters. The van der Waals surface area contributed by atoms with Crippen molar-refractivity contribution >= 4 is 17.2 Å². The minimum absolute atomic E-state index is 0.0553. The van der Waals surface area contributed by atoms with Crippen LogP contribution in [0.15, 0.2) is 34.7 Å². The predicted molar refractivity (Wildman–Crippen MR) is 108 cm³/mol. The number of piperidine rings is 1. The number of aryl methyl sites for hydroxylation is 2. The van der Waals surface area contributed by atoms with Crippen LogP contribution in [0.25, 0.3) is 10.6 Å². The Morgan fingerprint density at radius 1 is 1.21 bits per heavy atom. The molecule has 0 spiro atoms. The molecule has 0 unspecified atom stereocenters. The van der Waals surface area contributed by atoms with Crippen molar-refractivity contribution in [1.29, 1.82) is 0 Å². The van der Waals surface area contributed by atoms with Gasteiger partial charge in [-0.2, -0.15) is 0 Å².